The number of aliphatic hydroxyl groups is 2. The molecule has 4 rings (SSSR count). The molecule has 0 radical (unpaired) electrons. The second kappa shape index (κ2) is 6.45. The van der Waals surface area contributed by atoms with Gasteiger partial charge >= 0.3 is 0 Å². The Labute approximate surface area is 155 Å². The van der Waals surface area contributed by atoms with Crippen molar-refractivity contribution in [1.82, 2.24) is 14.9 Å². The number of nitrogens with two attached hydrogens (primary N) is 1. The van der Waals surface area contributed by atoms with Gasteiger partial charge in [-0.1, -0.05) is 30.3 Å². The molecule has 1 aromatic carbocycles. The van der Waals surface area contributed by atoms with Gasteiger partial charge in [-0.15, -0.1) is 0 Å². The molecule has 2 heterocycles. The molecule has 0 bridgehead atoms. The summed E-state index contributed by atoms with van der Waals surface area (Å²) in [6.45, 7) is -0.115. The van der Waals surface area contributed by atoms with Gasteiger partial charge in [0.1, 0.15) is 5.82 Å². The maximum absolute atomic E-state index is 12.9. The number of hydrogen-bond acceptors (Lipinski definition) is 7. The van der Waals surface area contributed by atoms with Crippen LogP contribution < -0.4 is 16.4 Å². The van der Waals surface area contributed by atoms with Gasteiger partial charge in [0.25, 0.3) is 5.91 Å². The standard InChI is InChI=1S/C18H21N5O4/c19-18(15(26)10-4-2-1-3-5-10)21-16-14(17(27)22-18)20-9-23(16)12-6-11(8-24)13(25)7-12/h1-5,9,11-13,21,24-25H,6-8,19H2,(H,22,27)/t11-,12-,13+,18?/m1/s1. The van der Waals surface area contributed by atoms with E-state index < -0.39 is 23.6 Å². The number of aromatic nitrogens is 2. The summed E-state index contributed by atoms with van der Waals surface area (Å²) in [5.74, 6) is -2.74. The number of aliphatic hydroxyl groups excluding tert-OH is 2. The first-order chi connectivity index (χ1) is 12.9. The number of carbonyl (C=O) groups is 2. The molecule has 2 aliphatic rings. The van der Waals surface area contributed by atoms with Gasteiger partial charge in [0.15, 0.2) is 5.69 Å². The number of benzene rings is 1. The summed E-state index contributed by atoms with van der Waals surface area (Å²) in [6.07, 6.45) is 1.81. The molecule has 1 amide bonds. The topological polar surface area (TPSA) is 142 Å². The van der Waals surface area contributed by atoms with E-state index in [1.165, 1.54) is 6.33 Å². The van der Waals surface area contributed by atoms with Crippen LogP contribution in [0.15, 0.2) is 36.7 Å². The number of nitrogens with zero attached hydrogens (tertiary/aromatic N) is 2. The van der Waals surface area contributed by atoms with Crippen LogP contribution in [0.3, 0.4) is 0 Å². The number of amides is 1. The molecule has 1 saturated carbocycles. The molecule has 0 spiro atoms. The molecule has 1 aromatic heterocycles. The van der Waals surface area contributed by atoms with E-state index in [1.54, 1.807) is 34.9 Å². The number of hydrogen-bond donors (Lipinski definition) is 5. The lowest BCUT2D eigenvalue weighted by Gasteiger charge is -2.35. The summed E-state index contributed by atoms with van der Waals surface area (Å²) >= 11 is 0. The number of ketones is 1. The Morgan fingerprint density at radius 3 is 2.70 bits per heavy atom. The number of nitrogens with one attached hydrogen (secondary N) is 2. The van der Waals surface area contributed by atoms with Crippen molar-refractivity contribution in [2.45, 2.75) is 30.8 Å². The number of carbonyl (C=O) groups excluding carboxylic acids is 2. The van der Waals surface area contributed by atoms with Gasteiger partial charge in [-0.25, -0.2) is 4.98 Å². The summed E-state index contributed by atoms with van der Waals surface area (Å²) in [5.41, 5.74) is 6.72. The van der Waals surface area contributed by atoms with Crippen LogP contribution in [0, 0.1) is 5.92 Å². The molecule has 6 N–H and O–H groups in total. The monoisotopic (exact) mass is 371 g/mol. The van der Waals surface area contributed by atoms with Crippen LogP contribution in [-0.4, -0.2) is 50.0 Å². The fraction of sp³-hybridized carbons (Fsp3) is 0.389. The fourth-order valence-corrected chi connectivity index (χ4v) is 3.81. The molecule has 9 nitrogen and oxygen atoms in total. The van der Waals surface area contributed by atoms with Crippen molar-refractivity contribution in [2.75, 3.05) is 11.9 Å². The summed E-state index contributed by atoms with van der Waals surface area (Å²) in [6, 6.07) is 8.29. The third kappa shape index (κ3) is 2.89. The van der Waals surface area contributed by atoms with Crippen LogP contribution in [0.25, 0.3) is 0 Å². The van der Waals surface area contributed by atoms with Crippen LogP contribution in [-0.2, 0) is 0 Å². The zero-order valence-electron chi connectivity index (χ0n) is 14.5. The molecule has 2 aromatic rings. The lowest BCUT2D eigenvalue weighted by Crippen LogP contribution is -2.69. The van der Waals surface area contributed by atoms with Crippen molar-refractivity contribution >= 4 is 17.5 Å². The van der Waals surface area contributed by atoms with E-state index in [9.17, 15) is 19.8 Å². The Bertz CT molecular complexity index is 883. The SMILES string of the molecule is NC1(C(=O)c2ccccc2)NC(=O)c2ncn([C@@H]3C[C@H](CO)[C@@H](O)C3)c2N1. The number of imidazole rings is 1. The molecule has 1 aliphatic heterocycles. The Hall–Kier alpha value is -2.75. The van der Waals surface area contributed by atoms with Gasteiger partial charge in [0, 0.05) is 24.1 Å². The van der Waals surface area contributed by atoms with Gasteiger partial charge in [-0.05, 0) is 12.8 Å². The second-order valence-electron chi connectivity index (χ2n) is 7.07. The first kappa shape index (κ1) is 17.7. The highest BCUT2D eigenvalue weighted by molar-refractivity contribution is 6.10. The van der Waals surface area contributed by atoms with Gasteiger partial charge < -0.3 is 25.4 Å². The summed E-state index contributed by atoms with van der Waals surface area (Å²) in [7, 11) is 0. The van der Waals surface area contributed by atoms with Crippen LogP contribution in [0.5, 0.6) is 0 Å². The normalized spacial score (nSPS) is 29.7. The molecular weight excluding hydrogens is 350 g/mol. The van der Waals surface area contributed by atoms with Gasteiger partial charge in [0.2, 0.25) is 11.6 Å². The molecule has 9 heteroatoms. The van der Waals surface area contributed by atoms with E-state index in [1.807, 2.05) is 0 Å². The summed E-state index contributed by atoms with van der Waals surface area (Å²) in [4.78, 5) is 29.5. The van der Waals surface area contributed by atoms with E-state index in [-0.39, 0.29) is 24.3 Å². The first-order valence-corrected chi connectivity index (χ1v) is 8.78. The Morgan fingerprint density at radius 2 is 2.04 bits per heavy atom. The van der Waals surface area contributed by atoms with Crippen LogP contribution in [0.2, 0.25) is 0 Å². The average Bonchev–Trinajstić information content (AvgIpc) is 3.24. The molecule has 0 saturated heterocycles. The molecule has 27 heavy (non-hydrogen) atoms. The molecule has 1 unspecified atom stereocenters. The maximum atomic E-state index is 12.9. The van der Waals surface area contributed by atoms with Crippen molar-refractivity contribution in [3.05, 3.63) is 47.9 Å². The van der Waals surface area contributed by atoms with Gasteiger partial charge in [-0.2, -0.15) is 0 Å². The Kier molecular flexibility index (Phi) is 4.22. The minimum atomic E-state index is -1.81. The second-order valence-corrected chi connectivity index (χ2v) is 7.07. The lowest BCUT2D eigenvalue weighted by atomic mass is 10.0. The van der Waals surface area contributed by atoms with E-state index in [0.717, 1.165) is 0 Å². The van der Waals surface area contributed by atoms with E-state index in [4.69, 9.17) is 5.73 Å². The highest BCUT2D eigenvalue weighted by Gasteiger charge is 2.44. The van der Waals surface area contributed by atoms with Crippen LogP contribution in [0.1, 0.15) is 39.7 Å². The molecule has 1 fully saturated rings. The zero-order chi connectivity index (χ0) is 19.2. The fourth-order valence-electron chi connectivity index (χ4n) is 3.81. The van der Waals surface area contributed by atoms with Gasteiger partial charge in [0.05, 0.1) is 12.4 Å². The molecular formula is C18H21N5O4. The van der Waals surface area contributed by atoms with Crippen LogP contribution in [0.4, 0.5) is 5.82 Å². The van der Waals surface area contributed by atoms with Crippen molar-refractivity contribution in [1.29, 1.82) is 0 Å². The van der Waals surface area contributed by atoms with Crippen molar-refractivity contribution in [3.63, 3.8) is 0 Å². The summed E-state index contributed by atoms with van der Waals surface area (Å²) < 4.78 is 1.72. The maximum Gasteiger partial charge on any atom is 0.276 e. The lowest BCUT2D eigenvalue weighted by molar-refractivity contribution is 0.0781. The minimum absolute atomic E-state index is 0.115. The van der Waals surface area contributed by atoms with Crippen molar-refractivity contribution in [3.8, 4) is 0 Å². The van der Waals surface area contributed by atoms with E-state index in [0.29, 0.717) is 24.2 Å². The largest absolute Gasteiger partial charge is 0.396 e. The number of rotatable bonds is 4. The van der Waals surface area contributed by atoms with Crippen molar-refractivity contribution in [2.24, 2.45) is 11.7 Å². The minimum Gasteiger partial charge on any atom is -0.396 e. The predicted molar refractivity (Wildman–Crippen MR) is 95.9 cm³/mol. The first-order valence-electron chi connectivity index (χ1n) is 8.78. The third-order valence-electron chi connectivity index (χ3n) is 5.29. The van der Waals surface area contributed by atoms with Crippen LogP contribution >= 0.6 is 0 Å². The molecule has 1 aliphatic carbocycles. The van der Waals surface area contributed by atoms with Crippen molar-refractivity contribution < 1.29 is 19.8 Å². The Balaban J connectivity index is 1.67. The smallest absolute Gasteiger partial charge is 0.276 e. The predicted octanol–water partition coefficient (Wildman–Crippen LogP) is -0.162. The summed E-state index contributed by atoms with van der Waals surface area (Å²) in [5, 5.41) is 24.9. The quantitative estimate of drug-likeness (QED) is 0.470. The number of anilines is 1. The Morgan fingerprint density at radius 1 is 1.30 bits per heavy atom. The van der Waals surface area contributed by atoms with E-state index >= 15 is 0 Å². The molecule has 142 valence electrons. The highest BCUT2D eigenvalue weighted by Crippen LogP contribution is 2.38. The molecule has 4 atom stereocenters. The van der Waals surface area contributed by atoms with Gasteiger partial charge in [-0.3, -0.25) is 15.3 Å². The highest BCUT2D eigenvalue weighted by atomic mass is 16.3. The average molecular weight is 371 g/mol. The number of Topliss-reactive ketones (excluding diaryl/α,β-unsaturated/α-hetero) is 1. The third-order valence-corrected chi connectivity index (χ3v) is 5.29. The van der Waals surface area contributed by atoms with E-state index in [2.05, 4.69) is 15.6 Å². The number of fused-ring (bicyclic) bond motifs is 1. The zero-order valence-corrected chi connectivity index (χ0v) is 14.5.